The molecule has 1 radical (unpaired) electrons. The largest absolute Gasteiger partial charge is 0.665 e. The molecule has 1 atom stereocenters. The maximum Gasteiger partial charge on any atom is 0.0564 e. The molecule has 1 unspecified atom stereocenters. The molecule has 12 rings (SSSR count). The van der Waals surface area contributed by atoms with E-state index in [1.165, 1.54) is 67.3 Å². The third kappa shape index (κ3) is 10.3. The van der Waals surface area contributed by atoms with Gasteiger partial charge in [-0.1, -0.05) is 171 Å². The molecule has 2 aromatic heterocycles. The molecular weight excluding hydrogens is 1140 g/mol. The molecule has 0 bridgehead atoms. The van der Waals surface area contributed by atoms with Gasteiger partial charge in [0.1, 0.15) is 0 Å². The van der Waals surface area contributed by atoms with Crippen molar-refractivity contribution in [2.24, 2.45) is 17.9 Å². The van der Waals surface area contributed by atoms with Crippen molar-refractivity contribution < 1.29 is 20.1 Å². The monoisotopic (exact) mass is 1210 g/mol. The average molecular weight is 1210 g/mol. The van der Waals surface area contributed by atoms with Gasteiger partial charge in [0, 0.05) is 67.9 Å². The number of hydrogen-bond donors (Lipinski definition) is 0. The fourth-order valence-electron chi connectivity index (χ4n) is 14.0. The second-order valence-corrected chi connectivity index (χ2v) is 25.1. The number of nitrogens with zero attached hydrogens (tertiary/aromatic N) is 5. The van der Waals surface area contributed by atoms with E-state index < -0.39 is 0 Å². The smallest absolute Gasteiger partial charge is 0.0564 e. The zero-order chi connectivity index (χ0) is 54.1. The number of aromatic nitrogens is 3. The van der Waals surface area contributed by atoms with Crippen molar-refractivity contribution in [3.8, 4) is 67.2 Å². The first kappa shape index (κ1) is 53.9. The van der Waals surface area contributed by atoms with Crippen LogP contribution in [-0.4, -0.2) is 26.5 Å². The Balaban J connectivity index is 0.00000660. The predicted octanol–water partition coefficient (Wildman–Crippen LogP) is 17.7. The molecule has 5 nitrogen and oxygen atoms in total. The molecule has 9 aromatic rings. The summed E-state index contributed by atoms with van der Waals surface area (Å²) >= 11 is 0. The minimum Gasteiger partial charge on any atom is -0.665 e. The SMILES string of the molecule is CN1C2=C([N-]C1c1[c-]cc(CCc3cc(CCc4c[c-]c(-c5nc6c(n5C)C(C)(C)CC6(C)C)cc4)cc(-c4ccccc4-c4cnc(-c5[c-]cccc5)cc4-c4ccc(-c5ccccc5)cc4)c3)cc1)C(C)(C)CC2(C)C.[Ir]. The van der Waals surface area contributed by atoms with E-state index >= 15 is 0 Å². The van der Waals surface area contributed by atoms with Gasteiger partial charge in [0.25, 0.3) is 0 Å². The first-order valence-corrected chi connectivity index (χ1v) is 28.1. The second-order valence-electron chi connectivity index (χ2n) is 25.1. The summed E-state index contributed by atoms with van der Waals surface area (Å²) in [5.74, 6) is 1.00. The van der Waals surface area contributed by atoms with Crippen LogP contribution in [0.3, 0.4) is 0 Å². The molecule has 7 aromatic carbocycles. The Bertz CT molecular complexity index is 3710. The molecule has 0 N–H and O–H groups in total. The van der Waals surface area contributed by atoms with Crippen LogP contribution in [0.1, 0.15) is 114 Å². The van der Waals surface area contributed by atoms with Crippen molar-refractivity contribution in [3.05, 3.63) is 244 Å². The van der Waals surface area contributed by atoms with Crippen molar-refractivity contribution in [3.63, 3.8) is 0 Å². The topological polar surface area (TPSA) is 48.1 Å². The van der Waals surface area contributed by atoms with Crippen LogP contribution < -0.4 is 0 Å². The van der Waals surface area contributed by atoms with Crippen molar-refractivity contribution in [2.45, 2.75) is 111 Å². The minimum atomic E-state index is -0.0384. The summed E-state index contributed by atoms with van der Waals surface area (Å²) in [6.45, 7) is 18.8. The normalized spacial score (nSPS) is 17.3. The number of rotatable bonds is 13. The van der Waals surface area contributed by atoms with Gasteiger partial charge in [0.2, 0.25) is 0 Å². The summed E-state index contributed by atoms with van der Waals surface area (Å²) in [6.07, 6.45) is 7.84. The molecule has 3 aliphatic rings. The maximum absolute atomic E-state index is 5.35. The van der Waals surface area contributed by atoms with Gasteiger partial charge >= 0.3 is 0 Å². The summed E-state index contributed by atoms with van der Waals surface area (Å²) in [6, 6.07) is 70.3. The van der Waals surface area contributed by atoms with Crippen LogP contribution in [0, 0.1) is 29.0 Å². The molecule has 0 spiro atoms. The Hall–Kier alpha value is -7.11. The van der Waals surface area contributed by atoms with Crippen molar-refractivity contribution in [2.75, 3.05) is 7.05 Å². The molecule has 0 amide bonds. The molecule has 79 heavy (non-hydrogen) atoms. The molecule has 3 heterocycles. The van der Waals surface area contributed by atoms with E-state index in [1.807, 2.05) is 12.1 Å². The van der Waals surface area contributed by atoms with E-state index in [9.17, 15) is 0 Å². The summed E-state index contributed by atoms with van der Waals surface area (Å²) in [5, 5.41) is 5.35. The predicted molar refractivity (Wildman–Crippen MR) is 322 cm³/mol. The Labute approximate surface area is 483 Å². The van der Waals surface area contributed by atoms with E-state index in [0.29, 0.717) is 0 Å². The number of fused-ring (bicyclic) bond motifs is 1. The van der Waals surface area contributed by atoms with Gasteiger partial charge in [-0.2, -0.15) is 35.4 Å². The third-order valence-electron chi connectivity index (χ3n) is 17.1. The maximum atomic E-state index is 5.35. The fourth-order valence-corrected chi connectivity index (χ4v) is 14.0. The number of hydrogen-bond acceptors (Lipinski definition) is 3. The van der Waals surface area contributed by atoms with Crippen LogP contribution >= 0.6 is 0 Å². The van der Waals surface area contributed by atoms with Gasteiger partial charge in [0.05, 0.1) is 11.5 Å². The van der Waals surface area contributed by atoms with E-state index in [2.05, 4.69) is 255 Å². The van der Waals surface area contributed by atoms with Gasteiger partial charge in [-0.3, -0.25) is 4.98 Å². The molecule has 0 saturated carbocycles. The number of aryl methyl sites for hydroxylation is 4. The number of pyridine rings is 1. The van der Waals surface area contributed by atoms with Gasteiger partial charge in [-0.25, -0.2) is 0 Å². The zero-order valence-electron chi connectivity index (χ0n) is 47.6. The quantitative estimate of drug-likeness (QED) is 0.108. The standard InChI is InChI=1S/C73H71N5.Ir/c1-70(2)46-72(5,6)66-64(70)75-68(77(66)9)56-33-29-48(30-34-56)25-27-50-41-51(28-26-49-31-35-57(36-32-49)69-76-65-67(78(69)10)73(7,8)47-71(65,3)4)43-58(42-50)59-23-17-18-24-60(59)62-45-74-63(55-21-15-12-16-22-55)44-61(62)54-39-37-53(38-40-54)52-19-13-11-14-20-52;/h11-21,23-24,29-33,35,37-45,68H,25-28,46-47H2,1-10H3;/q-4;. The van der Waals surface area contributed by atoms with E-state index in [4.69, 9.17) is 15.3 Å². The Morgan fingerprint density at radius 2 is 1.14 bits per heavy atom. The van der Waals surface area contributed by atoms with E-state index in [-0.39, 0.29) is 47.9 Å². The van der Waals surface area contributed by atoms with Crippen LogP contribution in [0.2, 0.25) is 0 Å². The molecule has 0 saturated heterocycles. The van der Waals surface area contributed by atoms with E-state index in [0.717, 1.165) is 89.0 Å². The van der Waals surface area contributed by atoms with Crippen LogP contribution in [0.15, 0.2) is 181 Å². The molecule has 0 fully saturated rings. The van der Waals surface area contributed by atoms with E-state index in [1.54, 1.807) is 0 Å². The summed E-state index contributed by atoms with van der Waals surface area (Å²) in [5.41, 5.74) is 24.0. The first-order valence-electron chi connectivity index (χ1n) is 28.1. The molecule has 401 valence electrons. The zero-order valence-corrected chi connectivity index (χ0v) is 50.0. The van der Waals surface area contributed by atoms with Gasteiger partial charge in [-0.05, 0) is 98.7 Å². The molecular formula is C73H71IrN5-4. The summed E-state index contributed by atoms with van der Waals surface area (Å²) in [4.78, 5) is 12.8. The van der Waals surface area contributed by atoms with Crippen LogP contribution in [0.5, 0.6) is 0 Å². The van der Waals surface area contributed by atoms with Crippen LogP contribution in [0.4, 0.5) is 0 Å². The Kier molecular flexibility index (Phi) is 14.2. The van der Waals surface area contributed by atoms with Crippen molar-refractivity contribution in [1.82, 2.24) is 19.4 Å². The van der Waals surface area contributed by atoms with Gasteiger partial charge in [-0.15, -0.1) is 77.0 Å². The van der Waals surface area contributed by atoms with Crippen LogP contribution in [-0.2, 0) is 63.7 Å². The summed E-state index contributed by atoms with van der Waals surface area (Å²) in [7, 11) is 4.39. The second kappa shape index (κ2) is 20.8. The molecule has 1 aliphatic heterocycles. The third-order valence-corrected chi connectivity index (χ3v) is 17.1. The summed E-state index contributed by atoms with van der Waals surface area (Å²) < 4.78 is 2.32. The first-order chi connectivity index (χ1) is 37.4. The van der Waals surface area contributed by atoms with Crippen molar-refractivity contribution >= 4 is 0 Å². The fraction of sp³-hybridized carbons (Fsp3) is 0.288. The van der Waals surface area contributed by atoms with Gasteiger partial charge < -0.3 is 19.8 Å². The van der Waals surface area contributed by atoms with Gasteiger partial charge in [0.15, 0.2) is 0 Å². The average Bonchev–Trinajstić information content (AvgIpc) is 3.91. The Morgan fingerprint density at radius 3 is 1.77 bits per heavy atom. The van der Waals surface area contributed by atoms with Crippen molar-refractivity contribution in [1.29, 1.82) is 0 Å². The number of benzene rings is 7. The van der Waals surface area contributed by atoms with Crippen LogP contribution in [0.25, 0.3) is 72.5 Å². The molecule has 6 heteroatoms. The number of imidazole rings is 1. The molecule has 2 aliphatic carbocycles. The number of allylic oxidation sites excluding steroid dienone is 2. The minimum absolute atomic E-state index is 0. The Morgan fingerprint density at radius 1 is 0.519 bits per heavy atom.